The van der Waals surface area contributed by atoms with E-state index in [-0.39, 0.29) is 0 Å². The second kappa shape index (κ2) is 9.63. The first-order chi connectivity index (χ1) is 15.9. The van der Waals surface area contributed by atoms with Gasteiger partial charge in [0, 0.05) is 17.7 Å². The van der Waals surface area contributed by atoms with E-state index < -0.39 is 12.1 Å². The minimum atomic E-state index is -0.904. The lowest BCUT2D eigenvalue weighted by atomic mass is 10.1. The number of imidazole rings is 1. The maximum absolute atomic E-state index is 12.3. The third kappa shape index (κ3) is 4.71. The van der Waals surface area contributed by atoms with Crippen LogP contribution in [-0.4, -0.2) is 27.6 Å². The van der Waals surface area contributed by atoms with Crippen molar-refractivity contribution in [3.8, 4) is 5.75 Å². The summed E-state index contributed by atoms with van der Waals surface area (Å²) in [5.74, 6) is 0.892. The Morgan fingerprint density at radius 1 is 1.09 bits per heavy atom. The van der Waals surface area contributed by atoms with E-state index in [1.54, 1.807) is 6.07 Å². The molecular formula is C26H26ClN3O3. The van der Waals surface area contributed by atoms with Crippen molar-refractivity contribution in [1.82, 2.24) is 14.5 Å². The summed E-state index contributed by atoms with van der Waals surface area (Å²) in [6, 6.07) is 16.8. The van der Waals surface area contributed by atoms with Gasteiger partial charge in [-0.05, 0) is 43.2 Å². The van der Waals surface area contributed by atoms with Gasteiger partial charge in [-0.3, -0.25) is 0 Å². The molecule has 2 heterocycles. The molecule has 0 amide bonds. The van der Waals surface area contributed by atoms with Crippen LogP contribution in [-0.2, 0) is 22.5 Å². The molecule has 6 nitrogen and oxygen atoms in total. The van der Waals surface area contributed by atoms with Crippen molar-refractivity contribution < 1.29 is 14.3 Å². The highest BCUT2D eigenvalue weighted by Gasteiger charge is 2.24. The quantitative estimate of drug-likeness (QED) is 0.333. The van der Waals surface area contributed by atoms with Crippen LogP contribution < -0.4 is 4.74 Å². The first kappa shape index (κ1) is 22.8. The number of methoxy groups -OCH3 is 1. The Labute approximate surface area is 198 Å². The monoisotopic (exact) mass is 463 g/mol. The van der Waals surface area contributed by atoms with E-state index >= 15 is 0 Å². The molecule has 170 valence electrons. The van der Waals surface area contributed by atoms with Crippen molar-refractivity contribution in [3.05, 3.63) is 87.8 Å². The zero-order valence-corrected chi connectivity index (χ0v) is 19.9. The Hall–Kier alpha value is -3.38. The van der Waals surface area contributed by atoms with Crippen molar-refractivity contribution in [2.45, 2.75) is 39.8 Å². The normalized spacial score (nSPS) is 12.0. The lowest BCUT2D eigenvalue weighted by Gasteiger charge is -2.18. The molecule has 0 saturated heterocycles. The summed E-state index contributed by atoms with van der Waals surface area (Å²) in [6.45, 7) is 6.71. The zero-order valence-electron chi connectivity index (χ0n) is 19.1. The van der Waals surface area contributed by atoms with E-state index in [0.29, 0.717) is 22.9 Å². The molecule has 2 aromatic heterocycles. The lowest BCUT2D eigenvalue weighted by molar-refractivity contribution is -0.149. The molecule has 2 aromatic carbocycles. The molecule has 0 aliphatic heterocycles. The van der Waals surface area contributed by atoms with Crippen molar-refractivity contribution >= 4 is 28.7 Å². The number of nitrogens with zero attached hydrogens (tertiary/aromatic N) is 3. The van der Waals surface area contributed by atoms with Gasteiger partial charge in [-0.1, -0.05) is 54.9 Å². The molecule has 0 fully saturated rings. The molecule has 7 heteroatoms. The number of halogens is 1. The predicted octanol–water partition coefficient (Wildman–Crippen LogP) is 5.61. The maximum Gasteiger partial charge on any atom is 0.351 e. The Morgan fingerprint density at radius 3 is 2.52 bits per heavy atom. The topological polar surface area (TPSA) is 66.2 Å². The summed E-state index contributed by atoms with van der Waals surface area (Å²) in [5.41, 5.74) is 5.54. The SMILES string of the molecule is CCc1nc2c(C)cc(C)nc2n1Cc1ccc(OC(C(=O)OC)c2ccccc2)c(Cl)c1. The highest BCUT2D eigenvalue weighted by Crippen LogP contribution is 2.31. The number of rotatable bonds is 7. The maximum atomic E-state index is 12.3. The first-order valence-electron chi connectivity index (χ1n) is 10.8. The number of ether oxygens (including phenoxy) is 2. The summed E-state index contributed by atoms with van der Waals surface area (Å²) < 4.78 is 13.0. The van der Waals surface area contributed by atoms with Gasteiger partial charge >= 0.3 is 5.97 Å². The minimum Gasteiger partial charge on any atom is -0.472 e. The molecule has 0 bridgehead atoms. The number of fused-ring (bicyclic) bond motifs is 1. The van der Waals surface area contributed by atoms with Gasteiger partial charge in [0.25, 0.3) is 0 Å². The smallest absolute Gasteiger partial charge is 0.351 e. The van der Waals surface area contributed by atoms with E-state index in [1.807, 2.05) is 55.5 Å². The zero-order chi connectivity index (χ0) is 23.5. The van der Waals surface area contributed by atoms with Gasteiger partial charge in [-0.25, -0.2) is 14.8 Å². The van der Waals surface area contributed by atoms with Crippen LogP contribution in [0.2, 0.25) is 5.02 Å². The van der Waals surface area contributed by atoms with E-state index in [0.717, 1.165) is 40.2 Å². The van der Waals surface area contributed by atoms with Crippen LogP contribution in [0.1, 0.15) is 41.2 Å². The van der Waals surface area contributed by atoms with Crippen LogP contribution in [0.4, 0.5) is 0 Å². The summed E-state index contributed by atoms with van der Waals surface area (Å²) in [5, 5.41) is 0.417. The largest absolute Gasteiger partial charge is 0.472 e. The molecule has 0 N–H and O–H groups in total. The van der Waals surface area contributed by atoms with Crippen molar-refractivity contribution in [2.24, 2.45) is 0 Å². The summed E-state index contributed by atoms with van der Waals surface area (Å²) in [4.78, 5) is 21.9. The Balaban J connectivity index is 1.64. The van der Waals surface area contributed by atoms with Crippen LogP contribution >= 0.6 is 11.6 Å². The number of carbonyl (C=O) groups excluding carboxylic acids is 1. The molecule has 4 rings (SSSR count). The Morgan fingerprint density at radius 2 is 1.85 bits per heavy atom. The molecule has 0 radical (unpaired) electrons. The van der Waals surface area contributed by atoms with Crippen LogP contribution in [0, 0.1) is 13.8 Å². The number of benzene rings is 2. The third-order valence-corrected chi connectivity index (χ3v) is 5.81. The molecule has 0 saturated carbocycles. The molecule has 0 spiro atoms. The number of esters is 1. The van der Waals surface area contributed by atoms with Crippen LogP contribution in [0.3, 0.4) is 0 Å². The predicted molar refractivity (Wildman–Crippen MR) is 129 cm³/mol. The fourth-order valence-corrected chi connectivity index (χ4v) is 4.17. The van der Waals surface area contributed by atoms with Gasteiger partial charge in [0.15, 0.2) is 5.65 Å². The van der Waals surface area contributed by atoms with Gasteiger partial charge in [0.1, 0.15) is 17.1 Å². The Kier molecular flexibility index (Phi) is 6.65. The van der Waals surface area contributed by atoms with E-state index in [1.165, 1.54) is 7.11 Å². The molecule has 0 aliphatic rings. The average Bonchev–Trinajstić information content (AvgIpc) is 3.16. The standard InChI is InChI=1S/C26H26ClN3O3/c1-5-22-29-23-16(2)13-17(3)28-25(23)30(22)15-18-11-12-21(20(27)14-18)33-24(26(31)32-4)19-9-7-6-8-10-19/h6-14,24H,5,15H2,1-4H3. The third-order valence-electron chi connectivity index (χ3n) is 5.52. The molecule has 33 heavy (non-hydrogen) atoms. The van der Waals surface area contributed by atoms with Crippen LogP contribution in [0.15, 0.2) is 54.6 Å². The van der Waals surface area contributed by atoms with E-state index in [4.69, 9.17) is 31.0 Å². The fourth-order valence-electron chi connectivity index (χ4n) is 3.92. The number of aromatic nitrogens is 3. The van der Waals surface area contributed by atoms with E-state index in [2.05, 4.69) is 18.4 Å². The number of hydrogen-bond acceptors (Lipinski definition) is 5. The van der Waals surface area contributed by atoms with Gasteiger partial charge < -0.3 is 14.0 Å². The molecule has 0 aliphatic carbocycles. The minimum absolute atomic E-state index is 0.413. The number of pyridine rings is 1. The van der Waals surface area contributed by atoms with Gasteiger partial charge in [-0.15, -0.1) is 0 Å². The summed E-state index contributed by atoms with van der Waals surface area (Å²) >= 11 is 6.57. The fraction of sp³-hybridized carbons (Fsp3) is 0.269. The average molecular weight is 464 g/mol. The van der Waals surface area contributed by atoms with Crippen molar-refractivity contribution in [3.63, 3.8) is 0 Å². The van der Waals surface area contributed by atoms with Crippen molar-refractivity contribution in [2.75, 3.05) is 7.11 Å². The highest BCUT2D eigenvalue weighted by molar-refractivity contribution is 6.32. The van der Waals surface area contributed by atoms with Crippen LogP contribution in [0.25, 0.3) is 11.2 Å². The lowest BCUT2D eigenvalue weighted by Crippen LogP contribution is -2.20. The molecule has 1 unspecified atom stereocenters. The number of carbonyl (C=O) groups is 1. The van der Waals surface area contributed by atoms with E-state index in [9.17, 15) is 4.79 Å². The second-order valence-electron chi connectivity index (χ2n) is 7.92. The van der Waals surface area contributed by atoms with Crippen molar-refractivity contribution in [1.29, 1.82) is 0 Å². The van der Waals surface area contributed by atoms with Crippen LogP contribution in [0.5, 0.6) is 5.75 Å². The molecule has 1 atom stereocenters. The summed E-state index contributed by atoms with van der Waals surface area (Å²) in [6.07, 6.45) is -0.110. The molecule has 4 aromatic rings. The van der Waals surface area contributed by atoms with Gasteiger partial charge in [0.05, 0.1) is 18.7 Å². The highest BCUT2D eigenvalue weighted by atomic mass is 35.5. The summed E-state index contributed by atoms with van der Waals surface area (Å²) in [7, 11) is 1.34. The van der Waals surface area contributed by atoms with Gasteiger partial charge in [-0.2, -0.15) is 0 Å². The van der Waals surface area contributed by atoms with Gasteiger partial charge in [0.2, 0.25) is 6.10 Å². The Bertz CT molecular complexity index is 1300. The number of aryl methyl sites for hydroxylation is 3. The second-order valence-corrected chi connectivity index (χ2v) is 8.32. The number of hydrogen-bond donors (Lipinski definition) is 0. The molecular weight excluding hydrogens is 438 g/mol. The first-order valence-corrected chi connectivity index (χ1v) is 11.2.